The quantitative estimate of drug-likeness (QED) is 0.606. The molecule has 1 aliphatic heterocycles. The summed E-state index contributed by atoms with van der Waals surface area (Å²) in [4.78, 5) is 13.6. The first-order valence-corrected chi connectivity index (χ1v) is 6.03. The first-order valence-electron chi connectivity index (χ1n) is 6.03. The molecule has 1 aromatic rings. The Hall–Kier alpha value is -0.420. The van der Waals surface area contributed by atoms with Gasteiger partial charge in [0, 0.05) is 12.8 Å². The summed E-state index contributed by atoms with van der Waals surface area (Å²) in [5.74, 6) is 0.325. The van der Waals surface area contributed by atoms with Gasteiger partial charge in [-0.25, -0.2) is 0 Å². The van der Waals surface area contributed by atoms with Crippen molar-refractivity contribution in [2.24, 2.45) is 0 Å². The molecule has 0 saturated carbocycles. The summed E-state index contributed by atoms with van der Waals surface area (Å²) < 4.78 is 0. The number of hydrogen-bond acceptors (Lipinski definition) is 1. The van der Waals surface area contributed by atoms with Gasteiger partial charge in [-0.1, -0.05) is 30.3 Å². The minimum atomic E-state index is -0.208. The van der Waals surface area contributed by atoms with E-state index in [1.54, 1.807) is 6.92 Å². The SMILES string of the molecule is CC(=O)C1(c2ccccc2)CC[NH+](C)CC1.[I-]. The fourth-order valence-electron chi connectivity index (χ4n) is 2.70. The number of benzene rings is 1. The number of quaternary nitrogens is 1. The van der Waals surface area contributed by atoms with Crippen LogP contribution in [0.25, 0.3) is 0 Å². The number of halogens is 1. The summed E-state index contributed by atoms with van der Waals surface area (Å²) in [6.45, 7) is 3.93. The summed E-state index contributed by atoms with van der Waals surface area (Å²) in [6, 6.07) is 10.3. The first-order chi connectivity index (χ1) is 7.65. The van der Waals surface area contributed by atoms with Crippen LogP contribution in [0.2, 0.25) is 0 Å². The third kappa shape index (κ3) is 2.88. The molecule has 2 rings (SSSR count). The molecule has 0 bridgehead atoms. The first kappa shape index (κ1) is 14.6. The number of rotatable bonds is 2. The van der Waals surface area contributed by atoms with Crippen LogP contribution in [0.3, 0.4) is 0 Å². The lowest BCUT2D eigenvalue weighted by Gasteiger charge is -2.37. The Labute approximate surface area is 120 Å². The Kier molecular flexibility index (Phi) is 5.13. The number of ketones is 1. The van der Waals surface area contributed by atoms with Gasteiger partial charge in [-0.05, 0) is 12.5 Å². The van der Waals surface area contributed by atoms with Gasteiger partial charge < -0.3 is 28.9 Å². The Bertz CT molecular complexity index is 369. The van der Waals surface area contributed by atoms with E-state index in [1.165, 1.54) is 10.5 Å². The molecule has 1 N–H and O–H groups in total. The van der Waals surface area contributed by atoms with Crippen molar-refractivity contribution < 1.29 is 33.7 Å². The van der Waals surface area contributed by atoms with E-state index in [9.17, 15) is 4.79 Å². The average Bonchev–Trinajstić information content (AvgIpc) is 2.31. The average molecular weight is 345 g/mol. The Morgan fingerprint density at radius 2 is 1.71 bits per heavy atom. The summed E-state index contributed by atoms with van der Waals surface area (Å²) in [7, 11) is 2.20. The van der Waals surface area contributed by atoms with E-state index in [-0.39, 0.29) is 29.4 Å². The van der Waals surface area contributed by atoms with Crippen LogP contribution in [0.15, 0.2) is 30.3 Å². The van der Waals surface area contributed by atoms with Crippen LogP contribution in [0.5, 0.6) is 0 Å². The zero-order valence-corrected chi connectivity index (χ0v) is 12.7. The normalized spacial score (nSPS) is 28.2. The Morgan fingerprint density at radius 1 is 1.18 bits per heavy atom. The van der Waals surface area contributed by atoms with Gasteiger partial charge in [-0.2, -0.15) is 0 Å². The monoisotopic (exact) mass is 345 g/mol. The lowest BCUT2D eigenvalue weighted by molar-refractivity contribution is -0.885. The Morgan fingerprint density at radius 3 is 2.18 bits per heavy atom. The highest BCUT2D eigenvalue weighted by Gasteiger charge is 2.41. The Balaban J connectivity index is 0.00000144. The van der Waals surface area contributed by atoms with Crippen molar-refractivity contribution in [3.8, 4) is 0 Å². The van der Waals surface area contributed by atoms with Crippen LogP contribution in [-0.2, 0) is 10.2 Å². The lowest BCUT2D eigenvalue weighted by atomic mass is 9.70. The van der Waals surface area contributed by atoms with E-state index in [1.807, 2.05) is 18.2 Å². The van der Waals surface area contributed by atoms with Crippen LogP contribution in [-0.4, -0.2) is 25.9 Å². The summed E-state index contributed by atoms with van der Waals surface area (Å²) in [6.07, 6.45) is 1.97. The van der Waals surface area contributed by atoms with Crippen molar-refractivity contribution in [3.63, 3.8) is 0 Å². The maximum atomic E-state index is 12.0. The molecular weight excluding hydrogens is 325 g/mol. The van der Waals surface area contributed by atoms with Crippen LogP contribution in [0.1, 0.15) is 25.3 Å². The van der Waals surface area contributed by atoms with Gasteiger partial charge in [0.25, 0.3) is 0 Å². The minimum Gasteiger partial charge on any atom is -1.00 e. The molecule has 3 heteroatoms. The molecule has 0 radical (unpaired) electrons. The van der Waals surface area contributed by atoms with Crippen LogP contribution in [0.4, 0.5) is 0 Å². The molecule has 2 nitrogen and oxygen atoms in total. The smallest absolute Gasteiger partial charge is 0.140 e. The number of carbonyl (C=O) groups is 1. The van der Waals surface area contributed by atoms with Crippen molar-refractivity contribution in [1.29, 1.82) is 0 Å². The lowest BCUT2D eigenvalue weighted by Crippen LogP contribution is -3.10. The predicted octanol–water partition coefficient (Wildman–Crippen LogP) is -2.17. The maximum Gasteiger partial charge on any atom is 0.140 e. The molecule has 0 amide bonds. The van der Waals surface area contributed by atoms with Crippen molar-refractivity contribution in [3.05, 3.63) is 35.9 Å². The minimum absolute atomic E-state index is 0. The summed E-state index contributed by atoms with van der Waals surface area (Å²) >= 11 is 0. The second-order valence-electron chi connectivity index (χ2n) is 4.96. The number of hydrogen-bond donors (Lipinski definition) is 1. The molecule has 94 valence electrons. The second kappa shape index (κ2) is 5.96. The standard InChI is InChI=1S/C14H19NO.HI/c1-12(16)14(8-10-15(2)11-9-14)13-6-4-3-5-7-13;/h3-7H,8-11H2,1-2H3;1H. The number of nitrogens with one attached hydrogen (secondary N) is 1. The van der Waals surface area contributed by atoms with Crippen molar-refractivity contribution in [2.75, 3.05) is 20.1 Å². The zero-order valence-electron chi connectivity index (χ0n) is 10.5. The van der Waals surface area contributed by atoms with Crippen LogP contribution in [0, 0.1) is 0 Å². The van der Waals surface area contributed by atoms with Gasteiger partial charge in [0.1, 0.15) is 5.78 Å². The van der Waals surface area contributed by atoms with E-state index < -0.39 is 0 Å². The van der Waals surface area contributed by atoms with Crippen molar-refractivity contribution in [1.82, 2.24) is 0 Å². The second-order valence-corrected chi connectivity index (χ2v) is 4.96. The van der Waals surface area contributed by atoms with E-state index in [4.69, 9.17) is 0 Å². The molecule has 0 unspecified atom stereocenters. The number of piperidine rings is 1. The third-order valence-corrected chi connectivity index (χ3v) is 3.96. The molecule has 0 atom stereocenters. The molecule has 1 saturated heterocycles. The summed E-state index contributed by atoms with van der Waals surface area (Å²) in [5, 5.41) is 0. The molecule has 1 aliphatic rings. The van der Waals surface area contributed by atoms with Gasteiger partial charge in [0.2, 0.25) is 0 Å². The van der Waals surface area contributed by atoms with Gasteiger partial charge in [0.05, 0.1) is 25.6 Å². The molecule has 0 aliphatic carbocycles. The van der Waals surface area contributed by atoms with E-state index in [0.29, 0.717) is 5.78 Å². The van der Waals surface area contributed by atoms with E-state index >= 15 is 0 Å². The molecule has 1 heterocycles. The molecule has 0 aromatic heterocycles. The fourth-order valence-corrected chi connectivity index (χ4v) is 2.70. The third-order valence-electron chi connectivity index (χ3n) is 3.96. The zero-order chi connectivity index (χ0) is 11.6. The highest BCUT2D eigenvalue weighted by Crippen LogP contribution is 2.33. The van der Waals surface area contributed by atoms with Gasteiger partial charge >= 0.3 is 0 Å². The molecule has 0 spiro atoms. The molecular formula is C14H20INO. The van der Waals surface area contributed by atoms with E-state index in [0.717, 1.165) is 25.9 Å². The molecule has 17 heavy (non-hydrogen) atoms. The van der Waals surface area contributed by atoms with Gasteiger partial charge in [-0.15, -0.1) is 0 Å². The molecule has 1 aromatic carbocycles. The van der Waals surface area contributed by atoms with Crippen LogP contribution < -0.4 is 28.9 Å². The summed E-state index contributed by atoms with van der Waals surface area (Å²) in [5.41, 5.74) is 0.996. The largest absolute Gasteiger partial charge is 1.00 e. The topological polar surface area (TPSA) is 21.5 Å². The highest BCUT2D eigenvalue weighted by atomic mass is 127. The number of likely N-dealkylation sites (tertiary alicyclic amines) is 1. The van der Waals surface area contributed by atoms with Crippen LogP contribution >= 0.6 is 0 Å². The highest BCUT2D eigenvalue weighted by molar-refractivity contribution is 5.88. The maximum absolute atomic E-state index is 12.0. The predicted molar refractivity (Wildman–Crippen MR) is 64.7 cm³/mol. The van der Waals surface area contributed by atoms with Crippen molar-refractivity contribution >= 4 is 5.78 Å². The van der Waals surface area contributed by atoms with Gasteiger partial charge in [-0.3, -0.25) is 4.79 Å². The van der Waals surface area contributed by atoms with E-state index in [2.05, 4.69) is 19.2 Å². The number of carbonyl (C=O) groups excluding carboxylic acids is 1. The van der Waals surface area contributed by atoms with Gasteiger partial charge in [0.15, 0.2) is 0 Å². The molecule has 1 fully saturated rings. The number of Topliss-reactive ketones (excluding diaryl/α,β-unsaturated/α-hetero) is 1. The van der Waals surface area contributed by atoms with Crippen molar-refractivity contribution in [2.45, 2.75) is 25.2 Å². The fraction of sp³-hybridized carbons (Fsp3) is 0.500.